The second-order valence-electron chi connectivity index (χ2n) is 14.5. The van der Waals surface area contributed by atoms with Gasteiger partial charge in [0.2, 0.25) is 0 Å². The fourth-order valence-corrected chi connectivity index (χ4v) is 16.5. The van der Waals surface area contributed by atoms with Crippen molar-refractivity contribution in [3.63, 3.8) is 0 Å². The quantitative estimate of drug-likeness (QED) is 0.170. The van der Waals surface area contributed by atoms with Crippen molar-refractivity contribution in [2.75, 3.05) is 0 Å². The van der Waals surface area contributed by atoms with Crippen molar-refractivity contribution >= 4 is 38.3 Å². The van der Waals surface area contributed by atoms with Gasteiger partial charge in [0.25, 0.3) is 0 Å². The second-order valence-corrected chi connectivity index (χ2v) is 22.3. The van der Waals surface area contributed by atoms with Gasteiger partial charge in [0.1, 0.15) is 0 Å². The van der Waals surface area contributed by atoms with E-state index in [2.05, 4.69) is 172 Å². The van der Waals surface area contributed by atoms with Gasteiger partial charge >= 0.3 is 291 Å². The van der Waals surface area contributed by atoms with Crippen molar-refractivity contribution in [2.24, 2.45) is 0 Å². The summed E-state index contributed by atoms with van der Waals surface area (Å²) in [6, 6.07) is 25.7. The second kappa shape index (κ2) is 12.0. The molecule has 224 valence electrons. The van der Waals surface area contributed by atoms with Gasteiger partial charge < -0.3 is 0 Å². The third kappa shape index (κ3) is 5.99. The molecule has 0 aliphatic heterocycles. The van der Waals surface area contributed by atoms with E-state index in [9.17, 15) is 0 Å². The van der Waals surface area contributed by atoms with Crippen molar-refractivity contribution in [3.05, 3.63) is 142 Å². The number of fused-ring (bicyclic) bond motifs is 3. The fourth-order valence-electron chi connectivity index (χ4n) is 7.36. The molecule has 0 radical (unpaired) electrons. The van der Waals surface area contributed by atoms with Crippen LogP contribution in [0, 0.1) is 13.8 Å². The molecule has 0 nitrogen and oxygen atoms in total. The van der Waals surface area contributed by atoms with Crippen LogP contribution in [0.2, 0.25) is 0 Å². The Balaban J connectivity index is 1.78. The molecule has 3 heteroatoms. The first kappa shape index (κ1) is 32.0. The van der Waals surface area contributed by atoms with Crippen molar-refractivity contribution in [3.8, 4) is 11.1 Å². The van der Waals surface area contributed by atoms with Crippen molar-refractivity contribution in [1.29, 1.82) is 0 Å². The normalized spacial score (nSPS) is 14.0. The van der Waals surface area contributed by atoms with Crippen LogP contribution in [0.15, 0.2) is 97.2 Å². The van der Waals surface area contributed by atoms with Gasteiger partial charge in [0.05, 0.1) is 0 Å². The minimum atomic E-state index is -2.81. The Morgan fingerprint density at radius 3 is 1.84 bits per heavy atom. The number of hydrogen-bond donors (Lipinski definition) is 0. The molecule has 0 aromatic heterocycles. The molecule has 0 atom stereocenters. The molecular formula is C41H42Br2Zr. The van der Waals surface area contributed by atoms with Crippen LogP contribution < -0.4 is 3.27 Å². The minimum absolute atomic E-state index is 0.0382. The van der Waals surface area contributed by atoms with Gasteiger partial charge in [-0.2, -0.15) is 0 Å². The molecule has 2 aliphatic rings. The van der Waals surface area contributed by atoms with Crippen molar-refractivity contribution < 1.29 is 21.3 Å². The molecule has 0 saturated carbocycles. The third-order valence-corrected chi connectivity index (χ3v) is 18.3. The van der Waals surface area contributed by atoms with E-state index >= 15 is 0 Å². The predicted molar refractivity (Wildman–Crippen MR) is 195 cm³/mol. The molecule has 4 aromatic carbocycles. The Labute approximate surface area is 289 Å². The van der Waals surface area contributed by atoms with Crippen LogP contribution in [-0.2, 0) is 38.5 Å². The molecule has 0 N–H and O–H groups in total. The van der Waals surface area contributed by atoms with Gasteiger partial charge in [-0.1, -0.05) is 0 Å². The van der Waals surface area contributed by atoms with E-state index in [1.807, 2.05) is 0 Å². The molecular weight excluding hydrogens is 743 g/mol. The maximum absolute atomic E-state index is 3.83. The molecule has 0 bridgehead atoms. The van der Waals surface area contributed by atoms with E-state index in [1.165, 1.54) is 50.1 Å². The predicted octanol–water partition coefficient (Wildman–Crippen LogP) is 11.4. The van der Waals surface area contributed by atoms with Crippen LogP contribution in [0.1, 0.15) is 92.5 Å². The molecule has 2 aliphatic carbocycles. The fraction of sp³-hybridized carbons (Fsp3) is 0.293. The van der Waals surface area contributed by atoms with Crippen LogP contribution in [-0.4, -0.2) is 3.21 Å². The zero-order chi connectivity index (χ0) is 31.6. The van der Waals surface area contributed by atoms with E-state index in [4.69, 9.17) is 0 Å². The van der Waals surface area contributed by atoms with E-state index in [1.54, 1.807) is 15.3 Å². The zero-order valence-electron chi connectivity index (χ0n) is 27.3. The summed E-state index contributed by atoms with van der Waals surface area (Å²) in [6.07, 6.45) is 9.20. The van der Waals surface area contributed by atoms with E-state index in [-0.39, 0.29) is 10.8 Å². The Morgan fingerprint density at radius 1 is 0.727 bits per heavy atom. The summed E-state index contributed by atoms with van der Waals surface area (Å²) in [5.74, 6) is 0. The molecule has 0 fully saturated rings. The molecule has 44 heavy (non-hydrogen) atoms. The number of allylic oxidation sites excluding steroid dienone is 4. The van der Waals surface area contributed by atoms with Gasteiger partial charge in [0.15, 0.2) is 0 Å². The monoisotopic (exact) mass is 782 g/mol. The van der Waals surface area contributed by atoms with Crippen LogP contribution in [0.4, 0.5) is 0 Å². The molecule has 4 aromatic rings. The SMILES string of the molecule is Cc1cc2c(cc1C(C)(C)C)-c1cc(C(C)(C)C)c(C)[c]([Zr]([C]3=CC=CC3)=[C](c3cccc(Br)c3)c3cccc(Br)c3)c1C2. The van der Waals surface area contributed by atoms with Gasteiger partial charge in [-0.25, -0.2) is 0 Å². The topological polar surface area (TPSA) is 0 Å². The van der Waals surface area contributed by atoms with E-state index in [0.717, 1.165) is 21.8 Å². The number of rotatable bonds is 4. The number of aryl methyl sites for hydroxylation is 1. The van der Waals surface area contributed by atoms with Crippen LogP contribution >= 0.6 is 31.9 Å². The van der Waals surface area contributed by atoms with E-state index < -0.39 is 21.3 Å². The van der Waals surface area contributed by atoms with Crippen molar-refractivity contribution in [2.45, 2.75) is 79.1 Å². The van der Waals surface area contributed by atoms with Gasteiger partial charge in [-0.3, -0.25) is 0 Å². The molecule has 0 amide bonds. The Bertz CT molecular complexity index is 1860. The van der Waals surface area contributed by atoms with Crippen LogP contribution in [0.5, 0.6) is 0 Å². The molecule has 0 saturated heterocycles. The molecule has 6 rings (SSSR count). The Hall–Kier alpha value is -1.93. The third-order valence-electron chi connectivity index (χ3n) is 9.24. The first-order chi connectivity index (χ1) is 20.7. The average molecular weight is 786 g/mol. The first-order valence-corrected chi connectivity index (χ1v) is 21.0. The number of benzene rings is 4. The van der Waals surface area contributed by atoms with Crippen LogP contribution in [0.25, 0.3) is 11.1 Å². The summed E-state index contributed by atoms with van der Waals surface area (Å²) < 4.78 is 7.16. The Kier molecular flexibility index (Phi) is 8.75. The first-order valence-electron chi connectivity index (χ1n) is 15.7. The van der Waals surface area contributed by atoms with E-state index in [0.29, 0.717) is 0 Å². The standard InChI is InChI=1S/C23H29.C13H8Br2.C5H5.Zr/c1-14-9-16-11-17-10-15(2)21(23(6,7)8)13-19(17)18(16)12-20(14)22(3,4)5;14-12-5-1-3-10(8-12)7-11-4-2-6-13(15)9-11;1-2-4-5-3-1;/h9,12-13H,11H2,1-8H3;1-6,8-9H;1-3H,4H2;. The van der Waals surface area contributed by atoms with Gasteiger partial charge in [-0.15, -0.1) is 0 Å². The molecule has 0 spiro atoms. The number of hydrogen-bond acceptors (Lipinski definition) is 0. The summed E-state index contributed by atoms with van der Waals surface area (Å²) >= 11 is 4.85. The van der Waals surface area contributed by atoms with Crippen LogP contribution in [0.3, 0.4) is 0 Å². The molecule has 0 unspecified atom stereocenters. The summed E-state index contributed by atoms with van der Waals surface area (Å²) in [5.41, 5.74) is 14.7. The van der Waals surface area contributed by atoms with Gasteiger partial charge in [0, 0.05) is 0 Å². The summed E-state index contributed by atoms with van der Waals surface area (Å²) in [7, 11) is 0. The summed E-state index contributed by atoms with van der Waals surface area (Å²) in [5, 5.41) is 0. The number of halogens is 2. The summed E-state index contributed by atoms with van der Waals surface area (Å²) in [6.45, 7) is 19.0. The molecule has 0 heterocycles. The summed E-state index contributed by atoms with van der Waals surface area (Å²) in [4.78, 5) is 0. The maximum atomic E-state index is 3.83. The average Bonchev–Trinajstić information content (AvgIpc) is 3.58. The van der Waals surface area contributed by atoms with Crippen molar-refractivity contribution in [1.82, 2.24) is 0 Å². The Morgan fingerprint density at radius 2 is 1.32 bits per heavy atom. The zero-order valence-corrected chi connectivity index (χ0v) is 32.9. The van der Waals surface area contributed by atoms with Gasteiger partial charge in [-0.05, 0) is 0 Å².